The van der Waals surface area contributed by atoms with Gasteiger partial charge in [0.2, 0.25) is 0 Å². The Hall–Kier alpha value is -0.300. The van der Waals surface area contributed by atoms with Crippen LogP contribution < -0.4 is 5.73 Å². The van der Waals surface area contributed by atoms with Crippen molar-refractivity contribution in [3.05, 3.63) is 12.2 Å². The molecule has 2 aliphatic rings. The monoisotopic (exact) mass is 378 g/mol. The van der Waals surface area contributed by atoms with Crippen LogP contribution in [0.3, 0.4) is 0 Å². The van der Waals surface area contributed by atoms with Crippen LogP contribution in [0, 0.1) is 0 Å². The summed E-state index contributed by atoms with van der Waals surface area (Å²) < 4.78 is 0. The van der Waals surface area contributed by atoms with E-state index in [9.17, 15) is 0 Å². The normalized spacial score (nSPS) is 21.9. The first-order chi connectivity index (χ1) is 8.86. The highest BCUT2D eigenvalue weighted by Gasteiger charge is 2.11. The Bertz CT molecular complexity index is 296. The summed E-state index contributed by atoms with van der Waals surface area (Å²) in [6.07, 6.45) is 10.9. The number of halogens is 1. The van der Waals surface area contributed by atoms with Crippen LogP contribution in [0.25, 0.3) is 0 Å². The van der Waals surface area contributed by atoms with Gasteiger partial charge in [0.25, 0.3) is 0 Å². The third-order valence-corrected chi connectivity index (χ3v) is 3.76. The Morgan fingerprint density at radius 1 is 1.05 bits per heavy atom. The predicted octanol–water partition coefficient (Wildman–Crippen LogP) is 2.06. The Labute approximate surface area is 134 Å². The molecule has 2 heterocycles. The van der Waals surface area contributed by atoms with Crippen LogP contribution >= 0.6 is 24.0 Å². The molecule has 0 spiro atoms. The molecule has 0 bridgehead atoms. The molecule has 0 saturated carbocycles. The molecule has 1 fully saturated rings. The number of hydrogen-bond donors (Lipinski definition) is 1. The highest BCUT2D eigenvalue weighted by atomic mass is 127. The van der Waals surface area contributed by atoms with Crippen LogP contribution in [-0.2, 0) is 0 Å². The molecule has 0 aromatic heterocycles. The molecular weight excluding hydrogens is 351 g/mol. The average molecular weight is 378 g/mol. The highest BCUT2D eigenvalue weighted by molar-refractivity contribution is 14.0. The smallest absolute Gasteiger partial charge is 0.191 e. The molecule has 4 nitrogen and oxygen atoms in total. The van der Waals surface area contributed by atoms with Gasteiger partial charge in [0.05, 0.1) is 6.54 Å². The highest BCUT2D eigenvalue weighted by Crippen LogP contribution is 2.09. The van der Waals surface area contributed by atoms with Gasteiger partial charge >= 0.3 is 0 Å². The van der Waals surface area contributed by atoms with Gasteiger partial charge in [-0.3, -0.25) is 9.89 Å². The van der Waals surface area contributed by atoms with E-state index in [0.29, 0.717) is 0 Å². The van der Waals surface area contributed by atoms with Gasteiger partial charge in [-0.25, -0.2) is 0 Å². The summed E-state index contributed by atoms with van der Waals surface area (Å²) in [6, 6.07) is 0. The molecule has 0 aromatic rings. The van der Waals surface area contributed by atoms with Crippen LogP contribution in [0.4, 0.5) is 0 Å². The van der Waals surface area contributed by atoms with E-state index >= 15 is 0 Å². The van der Waals surface area contributed by atoms with E-state index in [0.717, 1.165) is 45.2 Å². The van der Waals surface area contributed by atoms with Crippen molar-refractivity contribution in [1.82, 2.24) is 9.80 Å². The number of likely N-dealkylation sites (tertiary alicyclic amines) is 1. The van der Waals surface area contributed by atoms with Crippen LogP contribution in [0.2, 0.25) is 0 Å². The predicted molar refractivity (Wildman–Crippen MR) is 92.1 cm³/mol. The van der Waals surface area contributed by atoms with Gasteiger partial charge in [0.15, 0.2) is 5.96 Å². The Kier molecular flexibility index (Phi) is 8.45. The maximum absolute atomic E-state index is 6.08. The molecule has 110 valence electrons. The molecule has 0 aromatic carbocycles. The fraction of sp³-hybridized carbons (Fsp3) is 0.786. The van der Waals surface area contributed by atoms with E-state index in [2.05, 4.69) is 26.9 Å². The molecule has 2 N–H and O–H groups in total. The van der Waals surface area contributed by atoms with Crippen molar-refractivity contribution in [3.63, 3.8) is 0 Å². The Balaban J connectivity index is 0.00000180. The van der Waals surface area contributed by atoms with Crippen molar-refractivity contribution in [2.75, 3.05) is 39.3 Å². The van der Waals surface area contributed by atoms with Crippen LogP contribution in [0.1, 0.15) is 32.1 Å². The zero-order chi connectivity index (χ0) is 12.6. The zero-order valence-corrected chi connectivity index (χ0v) is 14.1. The van der Waals surface area contributed by atoms with E-state index < -0.39 is 0 Å². The summed E-state index contributed by atoms with van der Waals surface area (Å²) in [5.74, 6) is 0.754. The summed E-state index contributed by atoms with van der Waals surface area (Å²) in [4.78, 5) is 9.22. The van der Waals surface area contributed by atoms with Gasteiger partial charge < -0.3 is 10.6 Å². The van der Waals surface area contributed by atoms with Crippen molar-refractivity contribution in [2.24, 2.45) is 10.7 Å². The number of nitrogens with zero attached hydrogens (tertiary/aromatic N) is 3. The lowest BCUT2D eigenvalue weighted by molar-refractivity contribution is 0.306. The molecule has 19 heavy (non-hydrogen) atoms. The summed E-state index contributed by atoms with van der Waals surface area (Å²) in [5.41, 5.74) is 6.08. The first-order valence-corrected chi connectivity index (χ1v) is 7.28. The first-order valence-electron chi connectivity index (χ1n) is 7.28. The Morgan fingerprint density at radius 3 is 2.42 bits per heavy atom. The lowest BCUT2D eigenvalue weighted by Gasteiger charge is -2.23. The van der Waals surface area contributed by atoms with Crippen LogP contribution in [0.15, 0.2) is 17.1 Å². The average Bonchev–Trinajstić information content (AvgIpc) is 2.69. The SMILES string of the molecule is I.NC(=NCCN1CC=CCC1)N1CCCCCC1. The minimum absolute atomic E-state index is 0. The van der Waals surface area contributed by atoms with E-state index in [1.165, 1.54) is 32.1 Å². The maximum atomic E-state index is 6.08. The number of nitrogens with two attached hydrogens (primary N) is 1. The molecule has 1 saturated heterocycles. The van der Waals surface area contributed by atoms with Crippen molar-refractivity contribution < 1.29 is 0 Å². The quantitative estimate of drug-likeness (QED) is 0.354. The van der Waals surface area contributed by atoms with Crippen LogP contribution in [-0.4, -0.2) is 55.0 Å². The lowest BCUT2D eigenvalue weighted by Crippen LogP contribution is -2.39. The third kappa shape index (κ3) is 6.12. The number of hydrogen-bond acceptors (Lipinski definition) is 2. The van der Waals surface area contributed by atoms with Gasteiger partial charge in [0.1, 0.15) is 0 Å². The second kappa shape index (κ2) is 9.58. The van der Waals surface area contributed by atoms with E-state index in [-0.39, 0.29) is 24.0 Å². The minimum Gasteiger partial charge on any atom is -0.370 e. The zero-order valence-electron chi connectivity index (χ0n) is 11.8. The largest absolute Gasteiger partial charge is 0.370 e. The molecular formula is C14H27IN4. The van der Waals surface area contributed by atoms with Gasteiger partial charge in [0, 0.05) is 32.7 Å². The van der Waals surface area contributed by atoms with Gasteiger partial charge in [-0.05, 0) is 19.3 Å². The van der Waals surface area contributed by atoms with Crippen molar-refractivity contribution in [1.29, 1.82) is 0 Å². The molecule has 0 amide bonds. The van der Waals surface area contributed by atoms with Crippen LogP contribution in [0.5, 0.6) is 0 Å². The van der Waals surface area contributed by atoms with Gasteiger partial charge in [-0.1, -0.05) is 25.0 Å². The second-order valence-electron chi connectivity index (χ2n) is 5.20. The molecule has 0 unspecified atom stereocenters. The summed E-state index contributed by atoms with van der Waals surface area (Å²) in [6.45, 7) is 6.26. The van der Waals surface area contributed by atoms with Crippen molar-refractivity contribution >= 4 is 29.9 Å². The number of rotatable bonds is 3. The van der Waals surface area contributed by atoms with E-state index in [4.69, 9.17) is 5.73 Å². The number of guanidine groups is 1. The molecule has 0 radical (unpaired) electrons. The molecule has 2 aliphatic heterocycles. The molecule has 0 atom stereocenters. The summed E-state index contributed by atoms with van der Waals surface area (Å²) in [5, 5.41) is 0. The number of aliphatic imine (C=N–C) groups is 1. The standard InChI is InChI=1S/C14H26N4.HI/c15-14(18-11-6-1-2-7-12-18)16-8-13-17-9-4-3-5-10-17;/h3-4H,1-2,5-13H2,(H2,15,16);1H. The molecule has 0 aliphatic carbocycles. The summed E-state index contributed by atoms with van der Waals surface area (Å²) >= 11 is 0. The fourth-order valence-electron chi connectivity index (χ4n) is 2.60. The second-order valence-corrected chi connectivity index (χ2v) is 5.20. The summed E-state index contributed by atoms with van der Waals surface area (Å²) in [7, 11) is 0. The van der Waals surface area contributed by atoms with Gasteiger partial charge in [-0.15, -0.1) is 24.0 Å². The Morgan fingerprint density at radius 2 is 1.79 bits per heavy atom. The first kappa shape index (κ1) is 16.8. The third-order valence-electron chi connectivity index (χ3n) is 3.76. The fourth-order valence-corrected chi connectivity index (χ4v) is 2.60. The van der Waals surface area contributed by atoms with Gasteiger partial charge in [-0.2, -0.15) is 0 Å². The maximum Gasteiger partial charge on any atom is 0.191 e. The van der Waals surface area contributed by atoms with Crippen molar-refractivity contribution in [2.45, 2.75) is 32.1 Å². The van der Waals surface area contributed by atoms with E-state index in [1.54, 1.807) is 0 Å². The van der Waals surface area contributed by atoms with Crippen molar-refractivity contribution in [3.8, 4) is 0 Å². The van der Waals surface area contributed by atoms with E-state index in [1.807, 2.05) is 0 Å². The minimum atomic E-state index is 0. The lowest BCUT2D eigenvalue weighted by atomic mass is 10.2. The topological polar surface area (TPSA) is 44.9 Å². The molecule has 2 rings (SSSR count). The molecule has 5 heteroatoms.